The Labute approximate surface area is 65.7 Å². The zero-order valence-electron chi connectivity index (χ0n) is 4.63. The summed E-state index contributed by atoms with van der Waals surface area (Å²) in [6, 6.07) is 7.28. The molecule has 1 nitrogen and oxygen atoms in total. The van der Waals surface area contributed by atoms with Crippen LogP contribution in [0, 0.1) is 0 Å². The van der Waals surface area contributed by atoms with Crippen molar-refractivity contribution in [3.8, 4) is 0 Å². The average Bonchev–Trinajstić information content (AvgIpc) is 1.90. The molecule has 1 atom stereocenters. The predicted octanol–water partition coefficient (Wildman–Crippen LogP) is 0.309. The summed E-state index contributed by atoms with van der Waals surface area (Å²) in [4.78, 5) is 0. The van der Waals surface area contributed by atoms with E-state index in [0.717, 1.165) is 9.37 Å². The zero-order chi connectivity index (χ0) is 6.69. The molecule has 1 rings (SSSR count). The van der Waals surface area contributed by atoms with Crippen molar-refractivity contribution in [1.29, 1.82) is 0 Å². The summed E-state index contributed by atoms with van der Waals surface area (Å²) >= 11 is 4.72. The summed E-state index contributed by atoms with van der Waals surface area (Å²) < 4.78 is 9.72. The van der Waals surface area contributed by atoms with Crippen LogP contribution in [0.5, 0.6) is 0 Å². The van der Waals surface area contributed by atoms with Gasteiger partial charge in [0.25, 0.3) is 0 Å². The number of hydrogen-bond donors (Lipinski definition) is 1. The summed E-state index contributed by atoms with van der Waals surface area (Å²) in [5.41, 5.74) is 0. The van der Waals surface area contributed by atoms with Gasteiger partial charge in [-0.2, -0.15) is 0 Å². The minimum absolute atomic E-state index is 0.721. The van der Waals surface area contributed by atoms with E-state index in [4.69, 9.17) is 15.7 Å². The Morgan fingerprint density at radius 3 is 2.22 bits per heavy atom. The number of rotatable bonds is 1. The molecule has 1 unspecified atom stereocenters. The van der Waals surface area contributed by atoms with E-state index in [1.807, 2.05) is 12.1 Å². The second-order valence-corrected chi connectivity index (χ2v) is 3.74. The molecule has 0 spiro atoms. The standard InChI is InChI=1S/C6H6AsClO/c8-6-3-1-5(7-9)2-4-6/h1-4,7,9H. The molecule has 0 heterocycles. The van der Waals surface area contributed by atoms with E-state index < -0.39 is 16.1 Å². The Hall–Kier alpha value is 0.0284. The second kappa shape index (κ2) is 3.26. The monoisotopic (exact) mass is 204 g/mol. The van der Waals surface area contributed by atoms with Crippen molar-refractivity contribution in [2.24, 2.45) is 0 Å². The predicted molar refractivity (Wildman–Crippen MR) is 40.5 cm³/mol. The molecule has 0 aliphatic carbocycles. The molecule has 0 aliphatic rings. The second-order valence-electron chi connectivity index (χ2n) is 1.62. The fourth-order valence-electron chi connectivity index (χ4n) is 0.524. The van der Waals surface area contributed by atoms with Gasteiger partial charge in [-0.15, -0.1) is 0 Å². The normalized spacial score (nSPS) is 10.9. The van der Waals surface area contributed by atoms with E-state index in [1.54, 1.807) is 12.1 Å². The Morgan fingerprint density at radius 2 is 1.78 bits per heavy atom. The van der Waals surface area contributed by atoms with Crippen molar-refractivity contribution in [2.45, 2.75) is 0 Å². The molecule has 0 radical (unpaired) electrons. The first-order valence-electron chi connectivity index (χ1n) is 2.48. The van der Waals surface area contributed by atoms with Gasteiger partial charge < -0.3 is 0 Å². The molecule has 1 aromatic carbocycles. The minimum atomic E-state index is -0.877. The Kier molecular flexibility index (Phi) is 2.59. The molecule has 48 valence electrons. The fourth-order valence-corrected chi connectivity index (χ4v) is 1.31. The van der Waals surface area contributed by atoms with Crippen LogP contribution >= 0.6 is 11.6 Å². The fraction of sp³-hybridized carbons (Fsp3) is 0. The van der Waals surface area contributed by atoms with Crippen LogP contribution in [-0.4, -0.2) is 20.2 Å². The average molecular weight is 204 g/mol. The maximum atomic E-state index is 8.71. The van der Waals surface area contributed by atoms with Gasteiger partial charge in [-0.3, -0.25) is 0 Å². The Balaban J connectivity index is 2.88. The van der Waals surface area contributed by atoms with Gasteiger partial charge in [0.1, 0.15) is 0 Å². The summed E-state index contributed by atoms with van der Waals surface area (Å²) in [5.74, 6) is 0. The SMILES string of the molecule is O[AsH]c1ccc(Cl)cc1. The van der Waals surface area contributed by atoms with Gasteiger partial charge >= 0.3 is 65.4 Å². The molecule has 0 saturated heterocycles. The van der Waals surface area contributed by atoms with Crippen LogP contribution in [-0.2, 0) is 0 Å². The van der Waals surface area contributed by atoms with Gasteiger partial charge in [-0.25, -0.2) is 0 Å². The first kappa shape index (κ1) is 7.14. The summed E-state index contributed by atoms with van der Waals surface area (Å²) in [5, 5.41) is 0.721. The van der Waals surface area contributed by atoms with Crippen LogP contribution in [0.1, 0.15) is 0 Å². The number of benzene rings is 1. The van der Waals surface area contributed by atoms with E-state index >= 15 is 0 Å². The Morgan fingerprint density at radius 1 is 1.22 bits per heavy atom. The van der Waals surface area contributed by atoms with Crippen molar-refractivity contribution < 1.29 is 4.10 Å². The number of halogens is 1. The summed E-state index contributed by atoms with van der Waals surface area (Å²) in [6.45, 7) is 0. The van der Waals surface area contributed by atoms with Gasteiger partial charge in [0.05, 0.1) is 0 Å². The van der Waals surface area contributed by atoms with Crippen molar-refractivity contribution in [3.63, 3.8) is 0 Å². The molecule has 0 fully saturated rings. The van der Waals surface area contributed by atoms with Crippen LogP contribution in [0.3, 0.4) is 0 Å². The number of hydrogen-bond acceptors (Lipinski definition) is 1. The molecule has 0 bridgehead atoms. The van der Waals surface area contributed by atoms with E-state index in [2.05, 4.69) is 0 Å². The molecule has 0 saturated carbocycles. The van der Waals surface area contributed by atoms with Gasteiger partial charge in [-0.05, 0) is 0 Å². The third kappa shape index (κ3) is 2.02. The molecule has 0 aliphatic heterocycles. The molecule has 1 aromatic rings. The molecule has 9 heavy (non-hydrogen) atoms. The van der Waals surface area contributed by atoms with Crippen LogP contribution in [0.15, 0.2) is 24.3 Å². The van der Waals surface area contributed by atoms with E-state index in [1.165, 1.54) is 0 Å². The molecular formula is C6H6AsClO. The molecule has 3 heteroatoms. The molecule has 0 aromatic heterocycles. The first-order chi connectivity index (χ1) is 4.33. The third-order valence-corrected chi connectivity index (χ3v) is 2.47. The van der Waals surface area contributed by atoms with Gasteiger partial charge in [0.2, 0.25) is 0 Å². The topological polar surface area (TPSA) is 20.2 Å². The van der Waals surface area contributed by atoms with Gasteiger partial charge in [0.15, 0.2) is 0 Å². The zero-order valence-corrected chi connectivity index (χ0v) is 7.49. The summed E-state index contributed by atoms with van der Waals surface area (Å²) in [6.07, 6.45) is 0. The molecule has 1 N–H and O–H groups in total. The first-order valence-corrected chi connectivity index (χ1v) is 4.85. The van der Waals surface area contributed by atoms with Crippen molar-refractivity contribution in [2.75, 3.05) is 0 Å². The van der Waals surface area contributed by atoms with Crippen LogP contribution in [0.2, 0.25) is 5.02 Å². The molecular weight excluding hydrogens is 198 g/mol. The van der Waals surface area contributed by atoms with Crippen LogP contribution in [0.25, 0.3) is 0 Å². The van der Waals surface area contributed by atoms with E-state index in [9.17, 15) is 0 Å². The van der Waals surface area contributed by atoms with Gasteiger partial charge in [-0.1, -0.05) is 0 Å². The third-order valence-electron chi connectivity index (χ3n) is 0.973. The van der Waals surface area contributed by atoms with Crippen molar-refractivity contribution in [1.82, 2.24) is 0 Å². The van der Waals surface area contributed by atoms with Crippen LogP contribution < -0.4 is 4.35 Å². The van der Waals surface area contributed by atoms with Gasteiger partial charge in [0, 0.05) is 0 Å². The summed E-state index contributed by atoms with van der Waals surface area (Å²) in [7, 11) is 0. The Bertz CT molecular complexity index is 185. The van der Waals surface area contributed by atoms with Crippen molar-refractivity contribution >= 4 is 32.0 Å². The van der Waals surface area contributed by atoms with Crippen LogP contribution in [0.4, 0.5) is 0 Å². The van der Waals surface area contributed by atoms with E-state index in [-0.39, 0.29) is 0 Å². The maximum absolute atomic E-state index is 8.71. The van der Waals surface area contributed by atoms with Crippen molar-refractivity contribution in [3.05, 3.63) is 29.3 Å². The van der Waals surface area contributed by atoms with E-state index in [0.29, 0.717) is 0 Å². The quantitative estimate of drug-likeness (QED) is 0.653. The molecule has 0 amide bonds.